The maximum atomic E-state index is 11.6. The van der Waals surface area contributed by atoms with Crippen LogP contribution >= 0.6 is 0 Å². The Morgan fingerprint density at radius 1 is 1.23 bits per heavy atom. The van der Waals surface area contributed by atoms with Gasteiger partial charge in [0, 0.05) is 0 Å². The first kappa shape index (κ1) is 18.1. The molecule has 1 aromatic rings. The minimum Gasteiger partial charge on any atom is -0.493 e. The highest BCUT2D eigenvalue weighted by Crippen LogP contribution is 2.19. The average molecular weight is 307 g/mol. The van der Waals surface area contributed by atoms with E-state index in [0.717, 1.165) is 23.3 Å². The van der Waals surface area contributed by atoms with Crippen LogP contribution in [0.1, 0.15) is 44.2 Å². The summed E-state index contributed by atoms with van der Waals surface area (Å²) in [6.07, 6.45) is 1.61. The van der Waals surface area contributed by atoms with Crippen molar-refractivity contribution >= 4 is 5.97 Å². The van der Waals surface area contributed by atoms with Gasteiger partial charge in [-0.25, -0.2) is 4.79 Å². The van der Waals surface area contributed by atoms with E-state index < -0.39 is 12.0 Å². The Morgan fingerprint density at radius 2 is 1.95 bits per heavy atom. The van der Waals surface area contributed by atoms with Gasteiger partial charge >= 0.3 is 5.97 Å². The fourth-order valence-corrected chi connectivity index (χ4v) is 2.01. The summed E-state index contributed by atoms with van der Waals surface area (Å²) >= 11 is 0. The minimum absolute atomic E-state index is 0.232. The molecule has 5 heteroatoms. The molecule has 1 aromatic carbocycles. The molecule has 0 bridgehead atoms. The lowest BCUT2D eigenvalue weighted by Gasteiger charge is -2.12. The highest BCUT2D eigenvalue weighted by Gasteiger charge is 2.21. The van der Waals surface area contributed by atoms with Gasteiger partial charge in [0.1, 0.15) is 5.75 Å². The number of carbonyl (C=O) groups is 1. The van der Waals surface area contributed by atoms with E-state index in [1.165, 1.54) is 0 Å². The maximum absolute atomic E-state index is 11.6. The van der Waals surface area contributed by atoms with Crippen LogP contribution in [0.15, 0.2) is 23.4 Å². The molecule has 0 amide bonds. The van der Waals surface area contributed by atoms with Crippen molar-refractivity contribution in [3.05, 3.63) is 34.2 Å². The first-order valence-electron chi connectivity index (χ1n) is 7.67. The van der Waals surface area contributed by atoms with Gasteiger partial charge in [0.15, 0.2) is 6.04 Å². The van der Waals surface area contributed by atoms with E-state index in [4.69, 9.17) is 9.47 Å². The van der Waals surface area contributed by atoms with Crippen molar-refractivity contribution in [2.75, 3.05) is 6.61 Å². The van der Waals surface area contributed by atoms with Crippen LogP contribution in [0.25, 0.3) is 0 Å². The number of benzene rings is 1. The monoisotopic (exact) mass is 307 g/mol. The lowest BCUT2D eigenvalue weighted by molar-refractivity contribution is -0.149. The Morgan fingerprint density at radius 3 is 2.59 bits per heavy atom. The standard InChI is InChI=1S/C17H25NO4/c1-12(2)22-17(19)15(18-20)7-5-6-10-21-16-11-13(3)8-9-14(16)4/h8-9,11-12,15H,5-7,10H2,1-4H3. The first-order valence-corrected chi connectivity index (χ1v) is 7.67. The predicted octanol–water partition coefficient (Wildman–Crippen LogP) is 3.94. The van der Waals surface area contributed by atoms with Gasteiger partial charge in [0.05, 0.1) is 12.7 Å². The molecule has 5 nitrogen and oxygen atoms in total. The number of hydrogen-bond acceptors (Lipinski definition) is 5. The van der Waals surface area contributed by atoms with Crippen molar-refractivity contribution in [1.82, 2.24) is 0 Å². The van der Waals surface area contributed by atoms with Gasteiger partial charge in [-0.05, 0) is 64.2 Å². The van der Waals surface area contributed by atoms with Gasteiger partial charge in [-0.1, -0.05) is 17.3 Å². The molecule has 1 unspecified atom stereocenters. The number of aryl methyl sites for hydroxylation is 2. The van der Waals surface area contributed by atoms with Gasteiger partial charge in [-0.15, -0.1) is 4.91 Å². The number of nitrogens with zero attached hydrogens (tertiary/aromatic N) is 1. The number of ether oxygens (including phenoxy) is 2. The van der Waals surface area contributed by atoms with Gasteiger partial charge < -0.3 is 9.47 Å². The molecular formula is C17H25NO4. The van der Waals surface area contributed by atoms with Crippen molar-refractivity contribution in [2.45, 2.75) is 59.1 Å². The summed E-state index contributed by atoms with van der Waals surface area (Å²) in [6, 6.07) is 5.16. The van der Waals surface area contributed by atoms with Crippen LogP contribution in [0.5, 0.6) is 5.75 Å². The normalized spacial score (nSPS) is 12.0. The number of hydrogen-bond donors (Lipinski definition) is 0. The van der Waals surface area contributed by atoms with Crippen LogP contribution in [0, 0.1) is 18.8 Å². The second kappa shape index (κ2) is 9.18. The molecule has 0 fully saturated rings. The molecule has 1 rings (SSSR count). The zero-order valence-corrected chi connectivity index (χ0v) is 13.8. The van der Waals surface area contributed by atoms with E-state index in [1.807, 2.05) is 32.0 Å². The predicted molar refractivity (Wildman–Crippen MR) is 86.1 cm³/mol. The minimum atomic E-state index is -0.914. The number of esters is 1. The summed E-state index contributed by atoms with van der Waals surface area (Å²) in [4.78, 5) is 22.3. The zero-order chi connectivity index (χ0) is 16.5. The first-order chi connectivity index (χ1) is 10.4. The number of carbonyl (C=O) groups excluding carboxylic acids is 1. The second-order valence-electron chi connectivity index (χ2n) is 5.72. The molecule has 0 N–H and O–H groups in total. The molecule has 0 aromatic heterocycles. The van der Waals surface area contributed by atoms with E-state index >= 15 is 0 Å². The lowest BCUT2D eigenvalue weighted by atomic mass is 10.1. The summed E-state index contributed by atoms with van der Waals surface area (Å²) in [5.74, 6) is 0.338. The molecule has 1 atom stereocenters. The van der Waals surface area contributed by atoms with Crippen LogP contribution in [-0.4, -0.2) is 24.7 Å². The third-order valence-electron chi connectivity index (χ3n) is 3.22. The molecule has 0 aliphatic carbocycles. The van der Waals surface area contributed by atoms with Gasteiger partial charge in [0.2, 0.25) is 0 Å². The van der Waals surface area contributed by atoms with Crippen LogP contribution in [0.3, 0.4) is 0 Å². The van der Waals surface area contributed by atoms with Crippen LogP contribution in [0.2, 0.25) is 0 Å². The van der Waals surface area contributed by atoms with Crippen molar-refractivity contribution in [2.24, 2.45) is 5.18 Å². The fraction of sp³-hybridized carbons (Fsp3) is 0.588. The van der Waals surface area contributed by atoms with Crippen LogP contribution in [-0.2, 0) is 9.53 Å². The molecule has 0 spiro atoms. The molecular weight excluding hydrogens is 282 g/mol. The largest absolute Gasteiger partial charge is 0.493 e. The third-order valence-corrected chi connectivity index (χ3v) is 3.22. The quantitative estimate of drug-likeness (QED) is 0.394. The van der Waals surface area contributed by atoms with Crippen molar-refractivity contribution in [3.8, 4) is 5.75 Å². The molecule has 0 saturated heterocycles. The molecule has 0 heterocycles. The lowest BCUT2D eigenvalue weighted by Crippen LogP contribution is -2.24. The zero-order valence-electron chi connectivity index (χ0n) is 13.8. The number of rotatable bonds is 9. The maximum Gasteiger partial charge on any atom is 0.334 e. The Balaban J connectivity index is 2.30. The molecule has 122 valence electrons. The summed E-state index contributed by atoms with van der Waals surface area (Å²) < 4.78 is 10.7. The average Bonchev–Trinajstić information content (AvgIpc) is 2.45. The Kier molecular flexibility index (Phi) is 7.57. The van der Waals surface area contributed by atoms with E-state index in [1.54, 1.807) is 13.8 Å². The molecule has 0 aliphatic heterocycles. The van der Waals surface area contributed by atoms with Gasteiger partial charge in [0.25, 0.3) is 0 Å². The number of nitroso groups, excluding NO2 is 1. The highest BCUT2D eigenvalue weighted by molar-refractivity contribution is 5.76. The van der Waals surface area contributed by atoms with Crippen molar-refractivity contribution < 1.29 is 14.3 Å². The third kappa shape index (κ3) is 6.24. The van der Waals surface area contributed by atoms with E-state index in [0.29, 0.717) is 19.4 Å². The van der Waals surface area contributed by atoms with Crippen LogP contribution in [0.4, 0.5) is 0 Å². The summed E-state index contributed by atoms with van der Waals surface area (Å²) in [5.41, 5.74) is 2.25. The van der Waals surface area contributed by atoms with Crippen LogP contribution < -0.4 is 4.74 Å². The highest BCUT2D eigenvalue weighted by atomic mass is 16.5. The van der Waals surface area contributed by atoms with E-state index in [9.17, 15) is 9.70 Å². The Labute approximate surface area is 132 Å². The van der Waals surface area contributed by atoms with Gasteiger partial charge in [-0.3, -0.25) is 0 Å². The summed E-state index contributed by atoms with van der Waals surface area (Å²) in [5, 5.41) is 2.86. The molecule has 22 heavy (non-hydrogen) atoms. The Bertz CT molecular complexity index is 499. The number of unbranched alkanes of at least 4 members (excludes halogenated alkanes) is 1. The SMILES string of the molecule is Cc1ccc(C)c(OCCCCC(N=O)C(=O)OC(C)C)c1. The molecule has 0 saturated carbocycles. The smallest absolute Gasteiger partial charge is 0.334 e. The fourth-order valence-electron chi connectivity index (χ4n) is 2.01. The van der Waals surface area contributed by atoms with Crippen molar-refractivity contribution in [1.29, 1.82) is 0 Å². The summed E-state index contributed by atoms with van der Waals surface area (Å²) in [6.45, 7) is 8.07. The second-order valence-corrected chi connectivity index (χ2v) is 5.72. The van der Waals surface area contributed by atoms with Gasteiger partial charge in [-0.2, -0.15) is 0 Å². The molecule has 0 radical (unpaired) electrons. The van der Waals surface area contributed by atoms with E-state index in [2.05, 4.69) is 5.18 Å². The molecule has 0 aliphatic rings. The topological polar surface area (TPSA) is 65.0 Å². The Hall–Kier alpha value is -1.91. The van der Waals surface area contributed by atoms with E-state index in [-0.39, 0.29) is 6.10 Å². The van der Waals surface area contributed by atoms with Crippen molar-refractivity contribution in [3.63, 3.8) is 0 Å². The summed E-state index contributed by atoms with van der Waals surface area (Å²) in [7, 11) is 0.